The van der Waals surface area contributed by atoms with Crippen LogP contribution in [0.2, 0.25) is 0 Å². The number of hydrogen-bond donors (Lipinski definition) is 0. The van der Waals surface area contributed by atoms with Gasteiger partial charge < -0.3 is 14.7 Å². The Balaban J connectivity index is 1.63. The zero-order valence-corrected chi connectivity index (χ0v) is 13.4. The average molecular weight is 343 g/mol. The van der Waals surface area contributed by atoms with Gasteiger partial charge >= 0.3 is 6.18 Å². The molecule has 24 heavy (non-hydrogen) atoms. The zero-order chi connectivity index (χ0) is 17.3. The molecular formula is C15H20F3N5O. The molecule has 0 bridgehead atoms. The third-order valence-corrected chi connectivity index (χ3v) is 4.71. The van der Waals surface area contributed by atoms with E-state index in [0.717, 1.165) is 5.82 Å². The van der Waals surface area contributed by atoms with E-state index in [9.17, 15) is 18.0 Å². The van der Waals surface area contributed by atoms with Gasteiger partial charge in [-0.1, -0.05) is 0 Å². The van der Waals surface area contributed by atoms with Gasteiger partial charge in [-0.05, 0) is 19.2 Å². The number of rotatable bonds is 2. The van der Waals surface area contributed by atoms with Crippen LogP contribution in [0.5, 0.6) is 0 Å². The summed E-state index contributed by atoms with van der Waals surface area (Å²) in [7, 11) is 1.62. The Kier molecular flexibility index (Phi) is 4.62. The summed E-state index contributed by atoms with van der Waals surface area (Å²) < 4.78 is 39.5. The minimum absolute atomic E-state index is 0.112. The number of carbonyl (C=O) groups is 1. The fourth-order valence-corrected chi connectivity index (χ4v) is 3.43. The van der Waals surface area contributed by atoms with Gasteiger partial charge in [-0.25, -0.2) is 0 Å². The molecule has 2 saturated heterocycles. The topological polar surface area (TPSA) is 52.6 Å². The molecule has 2 aliphatic rings. The second-order valence-corrected chi connectivity index (χ2v) is 6.37. The maximum atomic E-state index is 13.2. The molecule has 2 atom stereocenters. The minimum atomic E-state index is -4.34. The molecule has 1 amide bonds. The van der Waals surface area contributed by atoms with Crippen LogP contribution in [0.1, 0.15) is 0 Å². The van der Waals surface area contributed by atoms with E-state index < -0.39 is 18.0 Å². The molecule has 1 aromatic heterocycles. The number of piperazine rings is 1. The molecule has 0 aromatic carbocycles. The summed E-state index contributed by atoms with van der Waals surface area (Å²) in [6.07, 6.45) is -2.76. The van der Waals surface area contributed by atoms with Crippen molar-refractivity contribution < 1.29 is 18.0 Å². The number of aromatic nitrogens is 2. The van der Waals surface area contributed by atoms with Crippen LogP contribution >= 0.6 is 0 Å². The standard InChI is InChI=1S/C15H20F3N5O/c1-21-9-11(12(10-21)15(16,17)18)14(24)23-7-5-22(6-8-23)13-3-2-4-19-20-13/h2-4,11-12H,5-10H2,1H3/t11-,12-/m1/s1. The lowest BCUT2D eigenvalue weighted by Gasteiger charge is -2.37. The Labute approximate surface area is 138 Å². The number of amides is 1. The van der Waals surface area contributed by atoms with Crippen LogP contribution in [0.25, 0.3) is 0 Å². The molecule has 0 spiro atoms. The second-order valence-electron chi connectivity index (χ2n) is 6.37. The van der Waals surface area contributed by atoms with Gasteiger partial charge in [0.25, 0.3) is 0 Å². The summed E-state index contributed by atoms with van der Waals surface area (Å²) in [5, 5.41) is 7.84. The van der Waals surface area contributed by atoms with Crippen molar-refractivity contribution in [3.8, 4) is 0 Å². The smallest absolute Gasteiger partial charge is 0.352 e. The van der Waals surface area contributed by atoms with Crippen molar-refractivity contribution in [3.05, 3.63) is 18.3 Å². The number of anilines is 1. The lowest BCUT2D eigenvalue weighted by atomic mass is 9.93. The van der Waals surface area contributed by atoms with E-state index in [1.807, 2.05) is 11.0 Å². The molecule has 3 heterocycles. The van der Waals surface area contributed by atoms with Gasteiger partial charge in [-0.15, -0.1) is 5.10 Å². The van der Waals surface area contributed by atoms with Crippen LogP contribution in [0.3, 0.4) is 0 Å². The monoisotopic (exact) mass is 343 g/mol. The zero-order valence-electron chi connectivity index (χ0n) is 13.4. The predicted octanol–water partition coefficient (Wildman–Crippen LogP) is 0.865. The molecule has 6 nitrogen and oxygen atoms in total. The molecule has 0 radical (unpaired) electrons. The number of alkyl halides is 3. The number of halogens is 3. The SMILES string of the molecule is CN1C[C@@H](C(F)(F)F)[C@H](C(=O)N2CCN(c3cccnn3)CC2)C1. The molecule has 132 valence electrons. The van der Waals surface area contributed by atoms with Gasteiger partial charge in [0, 0.05) is 45.5 Å². The minimum Gasteiger partial charge on any atom is -0.352 e. The summed E-state index contributed by atoms with van der Waals surface area (Å²) in [4.78, 5) is 17.7. The Morgan fingerprint density at radius 2 is 1.92 bits per heavy atom. The maximum absolute atomic E-state index is 13.2. The third-order valence-electron chi connectivity index (χ3n) is 4.71. The first kappa shape index (κ1) is 16.9. The van der Waals surface area contributed by atoms with Crippen molar-refractivity contribution in [1.82, 2.24) is 20.0 Å². The van der Waals surface area contributed by atoms with Crippen molar-refractivity contribution in [2.45, 2.75) is 6.18 Å². The third kappa shape index (κ3) is 3.45. The first-order chi connectivity index (χ1) is 11.4. The van der Waals surface area contributed by atoms with Crippen molar-refractivity contribution in [3.63, 3.8) is 0 Å². The molecular weight excluding hydrogens is 323 g/mol. The van der Waals surface area contributed by atoms with Crippen LogP contribution in [-0.4, -0.2) is 78.4 Å². The normalized spacial score (nSPS) is 26.0. The summed E-state index contributed by atoms with van der Waals surface area (Å²) in [5.74, 6) is -2.25. The lowest BCUT2D eigenvalue weighted by molar-refractivity contribution is -0.186. The molecule has 9 heteroatoms. The predicted molar refractivity (Wildman–Crippen MR) is 81.4 cm³/mol. The van der Waals surface area contributed by atoms with Crippen LogP contribution in [0, 0.1) is 11.8 Å². The van der Waals surface area contributed by atoms with Gasteiger partial charge in [-0.3, -0.25) is 4.79 Å². The summed E-state index contributed by atoms with van der Waals surface area (Å²) in [5.41, 5.74) is 0. The largest absolute Gasteiger partial charge is 0.393 e. The van der Waals surface area contributed by atoms with E-state index in [4.69, 9.17) is 0 Å². The van der Waals surface area contributed by atoms with E-state index in [1.165, 1.54) is 0 Å². The van der Waals surface area contributed by atoms with E-state index in [1.54, 1.807) is 29.1 Å². The highest BCUT2D eigenvalue weighted by atomic mass is 19.4. The van der Waals surface area contributed by atoms with E-state index >= 15 is 0 Å². The van der Waals surface area contributed by atoms with E-state index in [-0.39, 0.29) is 19.0 Å². The number of likely N-dealkylation sites (tertiary alicyclic amines) is 1. The molecule has 0 N–H and O–H groups in total. The van der Waals surface area contributed by atoms with Gasteiger partial charge in [0.05, 0.1) is 11.8 Å². The fraction of sp³-hybridized carbons (Fsp3) is 0.667. The van der Waals surface area contributed by atoms with E-state index in [0.29, 0.717) is 26.2 Å². The summed E-state index contributed by atoms with van der Waals surface area (Å²) >= 11 is 0. The quantitative estimate of drug-likeness (QED) is 0.797. The van der Waals surface area contributed by atoms with Crippen LogP contribution in [0.15, 0.2) is 18.3 Å². The van der Waals surface area contributed by atoms with Gasteiger partial charge in [0.15, 0.2) is 5.82 Å². The molecule has 0 unspecified atom stereocenters. The highest BCUT2D eigenvalue weighted by molar-refractivity contribution is 5.80. The highest BCUT2D eigenvalue weighted by Gasteiger charge is 2.52. The molecule has 0 aliphatic carbocycles. The van der Waals surface area contributed by atoms with Crippen molar-refractivity contribution >= 4 is 11.7 Å². The molecule has 1 aromatic rings. The first-order valence-electron chi connectivity index (χ1n) is 7.93. The Morgan fingerprint density at radius 3 is 2.50 bits per heavy atom. The Morgan fingerprint density at radius 1 is 1.21 bits per heavy atom. The fourth-order valence-electron chi connectivity index (χ4n) is 3.43. The van der Waals surface area contributed by atoms with Crippen molar-refractivity contribution in [2.75, 3.05) is 51.2 Å². The van der Waals surface area contributed by atoms with Gasteiger partial charge in [-0.2, -0.15) is 18.3 Å². The van der Waals surface area contributed by atoms with Gasteiger partial charge in [0.1, 0.15) is 0 Å². The molecule has 2 aliphatic heterocycles. The van der Waals surface area contributed by atoms with Crippen LogP contribution in [0.4, 0.5) is 19.0 Å². The molecule has 3 rings (SSSR count). The number of carbonyl (C=O) groups excluding carboxylic acids is 1. The Hall–Kier alpha value is -1.90. The second kappa shape index (κ2) is 6.54. The number of nitrogens with zero attached hydrogens (tertiary/aromatic N) is 5. The Bertz CT molecular complexity index is 574. The summed E-state index contributed by atoms with van der Waals surface area (Å²) in [6.45, 7) is 1.95. The average Bonchev–Trinajstić information content (AvgIpc) is 2.97. The lowest BCUT2D eigenvalue weighted by Crippen LogP contribution is -2.52. The van der Waals surface area contributed by atoms with Gasteiger partial charge in [0.2, 0.25) is 5.91 Å². The van der Waals surface area contributed by atoms with Crippen molar-refractivity contribution in [2.24, 2.45) is 11.8 Å². The summed E-state index contributed by atoms with van der Waals surface area (Å²) in [6, 6.07) is 3.61. The first-order valence-corrected chi connectivity index (χ1v) is 7.93. The highest BCUT2D eigenvalue weighted by Crippen LogP contribution is 2.38. The maximum Gasteiger partial charge on any atom is 0.393 e. The molecule has 0 saturated carbocycles. The van der Waals surface area contributed by atoms with Crippen molar-refractivity contribution in [1.29, 1.82) is 0 Å². The van der Waals surface area contributed by atoms with Crippen LogP contribution in [-0.2, 0) is 4.79 Å². The number of hydrogen-bond acceptors (Lipinski definition) is 5. The molecule has 2 fully saturated rings. The van der Waals surface area contributed by atoms with Crippen LogP contribution < -0.4 is 4.90 Å². The van der Waals surface area contributed by atoms with E-state index in [2.05, 4.69) is 10.2 Å².